The van der Waals surface area contributed by atoms with Gasteiger partial charge in [0.1, 0.15) is 11.3 Å². The van der Waals surface area contributed by atoms with E-state index in [1.807, 2.05) is 30.3 Å². The third-order valence-corrected chi connectivity index (χ3v) is 5.52. The van der Waals surface area contributed by atoms with Crippen LogP contribution >= 0.6 is 11.6 Å². The fraction of sp³-hybridized carbons (Fsp3) is 0.200. The van der Waals surface area contributed by atoms with Crippen molar-refractivity contribution in [2.24, 2.45) is 0 Å². The fourth-order valence-corrected chi connectivity index (χ4v) is 3.38. The number of halogens is 1. The van der Waals surface area contributed by atoms with Gasteiger partial charge in [-0.3, -0.25) is 4.79 Å². The van der Waals surface area contributed by atoms with E-state index in [1.165, 1.54) is 5.56 Å². The van der Waals surface area contributed by atoms with E-state index in [9.17, 15) is 4.79 Å². The second-order valence-electron chi connectivity index (χ2n) is 7.40. The lowest BCUT2D eigenvalue weighted by atomic mass is 9.98. The van der Waals surface area contributed by atoms with Gasteiger partial charge in [-0.1, -0.05) is 49.7 Å². The fourth-order valence-electron chi connectivity index (χ4n) is 3.22. The average molecular weight is 435 g/mol. The first-order valence-electron chi connectivity index (χ1n) is 10.2. The van der Waals surface area contributed by atoms with Crippen molar-refractivity contribution >= 4 is 34.3 Å². The molecular formula is C25H23ClN2O3. The van der Waals surface area contributed by atoms with Crippen LogP contribution in [0.4, 0.5) is 5.69 Å². The van der Waals surface area contributed by atoms with Crippen LogP contribution in [-0.4, -0.2) is 17.5 Å². The Hall–Kier alpha value is -3.31. The number of ether oxygens (including phenoxy) is 1. The lowest BCUT2D eigenvalue weighted by Crippen LogP contribution is -2.20. The molecule has 0 unspecified atom stereocenters. The summed E-state index contributed by atoms with van der Waals surface area (Å²) in [6.45, 7) is 4.24. The molecule has 4 aromatic rings. The summed E-state index contributed by atoms with van der Waals surface area (Å²) in [4.78, 5) is 17.0. The molecule has 0 aliphatic carbocycles. The van der Waals surface area contributed by atoms with Crippen LogP contribution < -0.4 is 10.1 Å². The van der Waals surface area contributed by atoms with Gasteiger partial charge < -0.3 is 14.5 Å². The number of nitrogens with one attached hydrogen (secondary N) is 1. The minimum absolute atomic E-state index is 0.119. The van der Waals surface area contributed by atoms with E-state index in [4.69, 9.17) is 20.8 Å². The van der Waals surface area contributed by atoms with E-state index in [0.717, 1.165) is 23.1 Å². The highest BCUT2D eigenvalue weighted by atomic mass is 35.5. The van der Waals surface area contributed by atoms with Gasteiger partial charge in [-0.25, -0.2) is 4.98 Å². The summed E-state index contributed by atoms with van der Waals surface area (Å²) in [5.41, 5.74) is 3.97. The molecule has 31 heavy (non-hydrogen) atoms. The molecule has 4 rings (SSSR count). The van der Waals surface area contributed by atoms with E-state index in [2.05, 4.69) is 36.3 Å². The standard InChI is InChI=1S/C25H23ClN2O3/c1-3-16(2)17-10-12-23-22(13-17)28-25(31-23)18-9-11-20(26)21(14-18)27-24(29)15-30-19-7-5-4-6-8-19/h4-14,16H,3,15H2,1-2H3,(H,27,29)/t16-/m1/s1. The highest BCUT2D eigenvalue weighted by Gasteiger charge is 2.14. The van der Waals surface area contributed by atoms with Gasteiger partial charge in [0.25, 0.3) is 5.91 Å². The smallest absolute Gasteiger partial charge is 0.262 e. The molecule has 0 saturated carbocycles. The Bertz CT molecular complexity index is 1200. The second kappa shape index (κ2) is 9.23. The number of carbonyl (C=O) groups is 1. The predicted octanol–water partition coefficient (Wildman–Crippen LogP) is 6.68. The normalized spacial score (nSPS) is 12.0. The Balaban J connectivity index is 1.52. The van der Waals surface area contributed by atoms with Gasteiger partial charge in [-0.2, -0.15) is 0 Å². The van der Waals surface area contributed by atoms with Crippen LogP contribution in [0.15, 0.2) is 71.1 Å². The summed E-state index contributed by atoms with van der Waals surface area (Å²) in [5, 5.41) is 3.21. The molecule has 6 heteroatoms. The highest BCUT2D eigenvalue weighted by molar-refractivity contribution is 6.33. The number of amides is 1. The van der Waals surface area contributed by atoms with Gasteiger partial charge in [0, 0.05) is 5.56 Å². The molecule has 5 nitrogen and oxygen atoms in total. The molecule has 1 heterocycles. The maximum absolute atomic E-state index is 12.3. The van der Waals surface area contributed by atoms with Crippen LogP contribution in [0.25, 0.3) is 22.6 Å². The number of benzene rings is 3. The topological polar surface area (TPSA) is 64.4 Å². The van der Waals surface area contributed by atoms with Crippen molar-refractivity contribution in [3.63, 3.8) is 0 Å². The number of carbonyl (C=O) groups excluding carboxylic acids is 1. The van der Waals surface area contributed by atoms with Gasteiger partial charge in [-0.05, 0) is 60.4 Å². The van der Waals surface area contributed by atoms with E-state index in [-0.39, 0.29) is 12.5 Å². The van der Waals surface area contributed by atoms with Crippen LogP contribution in [0, 0.1) is 0 Å². The third-order valence-electron chi connectivity index (χ3n) is 5.19. The number of aromatic nitrogens is 1. The van der Waals surface area contributed by atoms with E-state index in [0.29, 0.717) is 28.3 Å². The van der Waals surface area contributed by atoms with Gasteiger partial charge in [0.05, 0.1) is 10.7 Å². The van der Waals surface area contributed by atoms with Gasteiger partial charge >= 0.3 is 0 Å². The molecule has 1 amide bonds. The summed E-state index contributed by atoms with van der Waals surface area (Å²) >= 11 is 6.29. The Morgan fingerprint density at radius 1 is 1.13 bits per heavy atom. The lowest BCUT2D eigenvalue weighted by Gasteiger charge is -2.09. The predicted molar refractivity (Wildman–Crippen MR) is 124 cm³/mol. The first kappa shape index (κ1) is 20.9. The first-order chi connectivity index (χ1) is 15.0. The van der Waals surface area contributed by atoms with Crippen LogP contribution in [0.5, 0.6) is 5.75 Å². The average Bonchev–Trinajstić information content (AvgIpc) is 3.22. The Morgan fingerprint density at radius 2 is 1.94 bits per heavy atom. The van der Waals surface area contributed by atoms with E-state index in [1.54, 1.807) is 24.3 Å². The van der Waals surface area contributed by atoms with Gasteiger partial charge in [-0.15, -0.1) is 0 Å². The van der Waals surface area contributed by atoms with E-state index < -0.39 is 0 Å². The molecular weight excluding hydrogens is 412 g/mol. The SMILES string of the molecule is CC[C@@H](C)c1ccc2oc(-c3ccc(Cl)c(NC(=O)COc4ccccc4)c3)nc2c1. The molecule has 0 radical (unpaired) electrons. The van der Waals surface area contributed by atoms with Gasteiger partial charge in [0.15, 0.2) is 12.2 Å². The molecule has 1 atom stereocenters. The molecule has 0 bridgehead atoms. The van der Waals surface area contributed by atoms with Crippen LogP contribution in [-0.2, 0) is 4.79 Å². The summed E-state index contributed by atoms with van der Waals surface area (Å²) in [7, 11) is 0. The molecule has 1 N–H and O–H groups in total. The summed E-state index contributed by atoms with van der Waals surface area (Å²) in [6, 6.07) is 20.5. The zero-order valence-corrected chi connectivity index (χ0v) is 18.1. The van der Waals surface area contributed by atoms with Crippen LogP contribution in [0.3, 0.4) is 0 Å². The minimum Gasteiger partial charge on any atom is -0.484 e. The number of nitrogens with zero attached hydrogens (tertiary/aromatic N) is 1. The molecule has 1 aromatic heterocycles. The first-order valence-corrected chi connectivity index (χ1v) is 10.6. The molecule has 0 spiro atoms. The van der Waals surface area contributed by atoms with Crippen molar-refractivity contribution in [2.75, 3.05) is 11.9 Å². The second-order valence-corrected chi connectivity index (χ2v) is 7.81. The lowest BCUT2D eigenvalue weighted by molar-refractivity contribution is -0.118. The van der Waals surface area contributed by atoms with Gasteiger partial charge in [0.2, 0.25) is 5.89 Å². The van der Waals surface area contributed by atoms with Crippen LogP contribution in [0.2, 0.25) is 5.02 Å². The number of anilines is 1. The zero-order chi connectivity index (χ0) is 21.8. The maximum Gasteiger partial charge on any atom is 0.262 e. The van der Waals surface area contributed by atoms with Crippen molar-refractivity contribution in [3.8, 4) is 17.2 Å². The molecule has 0 aliphatic rings. The molecule has 3 aromatic carbocycles. The highest BCUT2D eigenvalue weighted by Crippen LogP contribution is 2.31. The molecule has 158 valence electrons. The van der Waals surface area contributed by atoms with Crippen molar-refractivity contribution in [3.05, 3.63) is 77.3 Å². The van der Waals surface area contributed by atoms with E-state index >= 15 is 0 Å². The number of hydrogen-bond acceptors (Lipinski definition) is 4. The number of fused-ring (bicyclic) bond motifs is 1. The minimum atomic E-state index is -0.307. The zero-order valence-electron chi connectivity index (χ0n) is 17.4. The van der Waals surface area contributed by atoms with Crippen molar-refractivity contribution in [1.29, 1.82) is 0 Å². The summed E-state index contributed by atoms with van der Waals surface area (Å²) in [6.07, 6.45) is 1.06. The summed E-state index contributed by atoms with van der Waals surface area (Å²) < 4.78 is 11.4. The third kappa shape index (κ3) is 4.89. The quantitative estimate of drug-likeness (QED) is 0.352. The number of para-hydroxylation sites is 1. The molecule has 0 aliphatic heterocycles. The Morgan fingerprint density at radius 3 is 2.71 bits per heavy atom. The maximum atomic E-state index is 12.3. The largest absolute Gasteiger partial charge is 0.484 e. The molecule has 0 fully saturated rings. The van der Waals surface area contributed by atoms with Crippen molar-refractivity contribution < 1.29 is 13.9 Å². The number of oxazole rings is 1. The number of hydrogen-bond donors (Lipinski definition) is 1. The van der Waals surface area contributed by atoms with Crippen molar-refractivity contribution in [1.82, 2.24) is 4.98 Å². The monoisotopic (exact) mass is 434 g/mol. The van der Waals surface area contributed by atoms with Crippen LogP contribution in [0.1, 0.15) is 31.7 Å². The summed E-state index contributed by atoms with van der Waals surface area (Å²) in [5.74, 6) is 1.25. The number of rotatable bonds is 7. The Labute approximate surface area is 186 Å². The molecule has 0 saturated heterocycles. The Kier molecular flexibility index (Phi) is 6.23. The van der Waals surface area contributed by atoms with Crippen molar-refractivity contribution in [2.45, 2.75) is 26.2 Å².